The second-order valence-electron chi connectivity index (χ2n) is 6.93. The number of nitrogens with zero attached hydrogens (tertiary/aromatic N) is 10. The van der Waals surface area contributed by atoms with Gasteiger partial charge in [-0.05, 0) is 33.7 Å². The van der Waals surface area contributed by atoms with Gasteiger partial charge >= 0.3 is 18.0 Å². The van der Waals surface area contributed by atoms with Crippen LogP contribution in [0.5, 0.6) is 0 Å². The maximum absolute atomic E-state index is 12.3. The maximum Gasteiger partial charge on any atom is 0.326 e. The molecule has 0 saturated heterocycles. The quantitative estimate of drug-likeness (QED) is 0.237. The van der Waals surface area contributed by atoms with Crippen molar-refractivity contribution >= 4 is 18.0 Å². The number of urea groups is 1. The Kier molecular flexibility index (Phi) is 9.79. The van der Waals surface area contributed by atoms with Crippen LogP contribution in [0.15, 0.2) is 0 Å². The minimum Gasteiger partial charge on any atom is -0.480 e. The molecule has 2 amide bonds. The summed E-state index contributed by atoms with van der Waals surface area (Å²) in [4.78, 5) is 35.4. The van der Waals surface area contributed by atoms with Crippen LogP contribution in [0.3, 0.4) is 0 Å². The van der Waals surface area contributed by atoms with E-state index in [2.05, 4.69) is 41.7 Å². The third-order valence-electron chi connectivity index (χ3n) is 4.60. The molecule has 2 rings (SSSR count). The van der Waals surface area contributed by atoms with Gasteiger partial charge in [0.1, 0.15) is 12.1 Å². The number of nitriles is 2. The lowest BCUT2D eigenvalue weighted by molar-refractivity contribution is -0.139. The second kappa shape index (κ2) is 13.0. The van der Waals surface area contributed by atoms with Gasteiger partial charge in [0.25, 0.3) is 0 Å². The molecule has 2 atom stereocenters. The summed E-state index contributed by atoms with van der Waals surface area (Å²) in [6.45, 7) is 0.481. The number of carboxylic acid groups (broad SMARTS) is 2. The number of rotatable bonds is 14. The Bertz CT molecular complexity index is 985. The zero-order valence-corrected chi connectivity index (χ0v) is 17.9. The van der Waals surface area contributed by atoms with Crippen molar-refractivity contribution in [2.24, 2.45) is 0 Å². The van der Waals surface area contributed by atoms with Crippen molar-refractivity contribution in [3.8, 4) is 12.1 Å². The van der Waals surface area contributed by atoms with Crippen molar-refractivity contribution in [2.45, 2.75) is 63.7 Å². The first-order chi connectivity index (χ1) is 16.3. The maximum atomic E-state index is 12.3. The lowest BCUT2D eigenvalue weighted by Gasteiger charge is -2.18. The molecule has 0 spiro atoms. The largest absolute Gasteiger partial charge is 0.480 e. The zero-order chi connectivity index (χ0) is 24.9. The van der Waals surface area contributed by atoms with Crippen LogP contribution >= 0.6 is 0 Å². The fourth-order valence-corrected chi connectivity index (χ4v) is 2.88. The third kappa shape index (κ3) is 7.79. The topological polar surface area (TPSA) is 251 Å². The van der Waals surface area contributed by atoms with Crippen molar-refractivity contribution in [3.63, 3.8) is 0 Å². The van der Waals surface area contributed by atoms with Gasteiger partial charge in [-0.2, -0.15) is 10.5 Å². The standard InChI is InChI=1S/C17H22N12O5/c18-7-1-9-28-13(22-24-26-28)5-3-11(15(30)31)20-17(34)21-12(16(32)33)4-6-14-23-25-27-29(14)10-2-8-19/h11-12H,1-6,9-10H2,(H,30,31)(H,32,33)(H2,20,21,34)/t11-,12-/m0/s1. The predicted octanol–water partition coefficient (Wildman–Crippen LogP) is -1.74. The first kappa shape index (κ1) is 25.6. The highest BCUT2D eigenvalue weighted by atomic mass is 16.4. The van der Waals surface area contributed by atoms with E-state index in [0.29, 0.717) is 11.6 Å². The fraction of sp³-hybridized carbons (Fsp3) is 0.588. The summed E-state index contributed by atoms with van der Waals surface area (Å²) in [5.74, 6) is -1.95. The Labute approximate surface area is 192 Å². The van der Waals surface area contributed by atoms with Crippen LogP contribution in [-0.4, -0.2) is 80.7 Å². The molecule has 4 N–H and O–H groups in total. The molecular weight excluding hydrogens is 452 g/mol. The van der Waals surface area contributed by atoms with Gasteiger partial charge in [-0.15, -0.1) is 10.2 Å². The van der Waals surface area contributed by atoms with E-state index in [1.54, 1.807) is 0 Å². The number of carbonyl (C=O) groups is 3. The highest BCUT2D eigenvalue weighted by molar-refractivity contribution is 5.86. The summed E-state index contributed by atoms with van der Waals surface area (Å²) < 4.78 is 2.74. The first-order valence-electron chi connectivity index (χ1n) is 10.1. The molecule has 2 heterocycles. The Morgan fingerprint density at radius 2 is 1.24 bits per heavy atom. The molecular formula is C17H22N12O5. The molecule has 34 heavy (non-hydrogen) atoms. The monoisotopic (exact) mass is 474 g/mol. The van der Waals surface area contributed by atoms with E-state index in [4.69, 9.17) is 10.5 Å². The number of carboxylic acids is 2. The number of aromatic nitrogens is 8. The molecule has 180 valence electrons. The zero-order valence-electron chi connectivity index (χ0n) is 17.9. The molecule has 0 bridgehead atoms. The lowest BCUT2D eigenvalue weighted by Crippen LogP contribution is -2.51. The van der Waals surface area contributed by atoms with E-state index < -0.39 is 30.1 Å². The van der Waals surface area contributed by atoms with Gasteiger partial charge in [-0.25, -0.2) is 23.7 Å². The number of nitrogens with one attached hydrogen (secondary N) is 2. The van der Waals surface area contributed by atoms with E-state index in [-0.39, 0.29) is 51.6 Å². The number of carbonyl (C=O) groups excluding carboxylic acids is 1. The summed E-state index contributed by atoms with van der Waals surface area (Å²) in [6.07, 6.45) is 0.402. The van der Waals surface area contributed by atoms with Gasteiger partial charge in [0, 0.05) is 12.8 Å². The Balaban J connectivity index is 1.92. The van der Waals surface area contributed by atoms with Crippen molar-refractivity contribution in [1.82, 2.24) is 51.0 Å². The molecule has 2 aromatic heterocycles. The van der Waals surface area contributed by atoms with Crippen LogP contribution in [0.4, 0.5) is 4.79 Å². The van der Waals surface area contributed by atoms with Crippen molar-refractivity contribution in [3.05, 3.63) is 11.6 Å². The number of aliphatic carboxylic acids is 2. The van der Waals surface area contributed by atoms with E-state index in [1.807, 2.05) is 12.1 Å². The number of amides is 2. The lowest BCUT2D eigenvalue weighted by atomic mass is 10.1. The summed E-state index contributed by atoms with van der Waals surface area (Å²) in [7, 11) is 0. The molecule has 0 saturated carbocycles. The fourth-order valence-electron chi connectivity index (χ4n) is 2.88. The van der Waals surface area contributed by atoms with Gasteiger partial charge in [0.2, 0.25) is 0 Å². The van der Waals surface area contributed by atoms with Gasteiger partial charge in [0.15, 0.2) is 11.6 Å². The summed E-state index contributed by atoms with van der Waals surface area (Å²) >= 11 is 0. The van der Waals surface area contributed by atoms with Crippen molar-refractivity contribution < 1.29 is 24.6 Å². The van der Waals surface area contributed by atoms with E-state index in [9.17, 15) is 24.6 Å². The molecule has 0 aliphatic carbocycles. The third-order valence-corrected chi connectivity index (χ3v) is 4.60. The number of hydrogen-bond acceptors (Lipinski definition) is 11. The smallest absolute Gasteiger partial charge is 0.326 e. The minimum atomic E-state index is -1.34. The Hall–Kier alpha value is -4.67. The van der Waals surface area contributed by atoms with Gasteiger partial charge < -0.3 is 20.8 Å². The molecule has 0 fully saturated rings. The highest BCUT2D eigenvalue weighted by Gasteiger charge is 2.25. The predicted molar refractivity (Wildman–Crippen MR) is 107 cm³/mol. The Morgan fingerprint density at radius 1 is 0.824 bits per heavy atom. The van der Waals surface area contributed by atoms with Gasteiger partial charge in [-0.1, -0.05) is 0 Å². The molecule has 17 nitrogen and oxygen atoms in total. The van der Waals surface area contributed by atoms with E-state index in [0.717, 1.165) is 0 Å². The van der Waals surface area contributed by atoms with Crippen molar-refractivity contribution in [2.75, 3.05) is 0 Å². The van der Waals surface area contributed by atoms with Crippen LogP contribution in [0.25, 0.3) is 0 Å². The van der Waals surface area contributed by atoms with Crippen molar-refractivity contribution in [1.29, 1.82) is 10.5 Å². The van der Waals surface area contributed by atoms with E-state index in [1.165, 1.54) is 9.36 Å². The summed E-state index contributed by atoms with van der Waals surface area (Å²) in [5, 5.41) is 62.6. The summed E-state index contributed by atoms with van der Waals surface area (Å²) in [6, 6.07) is 0.247. The number of tetrazole rings is 2. The molecule has 17 heteroatoms. The minimum absolute atomic E-state index is 0.0684. The average Bonchev–Trinajstić information content (AvgIpc) is 3.44. The van der Waals surface area contributed by atoms with E-state index >= 15 is 0 Å². The molecule has 0 aromatic carbocycles. The van der Waals surface area contributed by atoms with Crippen LogP contribution in [0.2, 0.25) is 0 Å². The molecule has 0 aliphatic heterocycles. The van der Waals surface area contributed by atoms with Crippen LogP contribution in [-0.2, 0) is 35.5 Å². The molecule has 0 unspecified atom stereocenters. The highest BCUT2D eigenvalue weighted by Crippen LogP contribution is 2.05. The van der Waals surface area contributed by atoms with Crippen LogP contribution in [0, 0.1) is 22.7 Å². The molecule has 0 aliphatic rings. The molecule has 0 radical (unpaired) electrons. The second-order valence-corrected chi connectivity index (χ2v) is 6.93. The summed E-state index contributed by atoms with van der Waals surface area (Å²) in [5.41, 5.74) is 0. The molecule has 2 aromatic rings. The average molecular weight is 474 g/mol. The Morgan fingerprint density at radius 3 is 1.59 bits per heavy atom. The van der Waals surface area contributed by atoms with Gasteiger partial charge in [0.05, 0.1) is 38.1 Å². The number of hydrogen-bond donors (Lipinski definition) is 4. The first-order valence-corrected chi connectivity index (χ1v) is 10.1. The van der Waals surface area contributed by atoms with Gasteiger partial charge in [-0.3, -0.25) is 0 Å². The SMILES string of the molecule is N#CCCn1nnnc1CC[C@H](NC(=O)N[C@@H](CCc1nnnn1CCC#N)C(=O)O)C(=O)O. The van der Waals surface area contributed by atoms with Crippen LogP contribution < -0.4 is 10.6 Å². The normalized spacial score (nSPS) is 12.2. The number of aryl methyl sites for hydroxylation is 4. The van der Waals surface area contributed by atoms with Crippen LogP contribution in [0.1, 0.15) is 37.3 Å².